The van der Waals surface area contributed by atoms with E-state index in [-0.39, 0.29) is 6.29 Å². The van der Waals surface area contributed by atoms with Gasteiger partial charge in [0.15, 0.2) is 12.1 Å². The zero-order valence-electron chi connectivity index (χ0n) is 6.30. The molecule has 2 N–H and O–H groups in total. The van der Waals surface area contributed by atoms with Gasteiger partial charge < -0.3 is 5.73 Å². The van der Waals surface area contributed by atoms with E-state index < -0.39 is 29.2 Å². The highest BCUT2D eigenvalue weighted by molar-refractivity contribution is 5.84. The Morgan fingerprint density at radius 3 is 2.54 bits per heavy atom. The molecule has 1 aromatic heterocycles. The molecule has 0 amide bonds. The van der Waals surface area contributed by atoms with Crippen molar-refractivity contribution in [1.82, 2.24) is 4.98 Å². The summed E-state index contributed by atoms with van der Waals surface area (Å²) >= 11 is 0. The molecule has 0 aliphatic heterocycles. The fourth-order valence-corrected chi connectivity index (χ4v) is 0.878. The van der Waals surface area contributed by atoms with Crippen LogP contribution in [0.15, 0.2) is 6.20 Å². The smallest absolute Gasteiger partial charge is 0.267 e. The summed E-state index contributed by atoms with van der Waals surface area (Å²) in [6.45, 7) is 0. The highest BCUT2D eigenvalue weighted by atomic mass is 19.3. The Bertz CT molecular complexity index is 341. The van der Waals surface area contributed by atoms with Gasteiger partial charge in [-0.05, 0) is 0 Å². The molecule has 0 atom stereocenters. The first-order chi connectivity index (χ1) is 6.07. The minimum Gasteiger partial charge on any atom is -0.383 e. The average Bonchev–Trinajstić information content (AvgIpc) is 2.07. The molecule has 6 heteroatoms. The molecule has 0 unspecified atom stereocenters. The summed E-state index contributed by atoms with van der Waals surface area (Å²) in [4.78, 5) is 13.5. The van der Waals surface area contributed by atoms with Gasteiger partial charge in [0.2, 0.25) is 0 Å². The minimum atomic E-state index is -3.08. The molecule has 0 aliphatic carbocycles. The first-order valence-corrected chi connectivity index (χ1v) is 3.25. The second kappa shape index (κ2) is 3.42. The van der Waals surface area contributed by atoms with Gasteiger partial charge in [-0.3, -0.25) is 4.79 Å². The van der Waals surface area contributed by atoms with E-state index in [1.54, 1.807) is 0 Å². The van der Waals surface area contributed by atoms with E-state index in [1.165, 1.54) is 0 Å². The van der Waals surface area contributed by atoms with Crippen molar-refractivity contribution in [2.24, 2.45) is 0 Å². The lowest BCUT2D eigenvalue weighted by Gasteiger charge is -2.05. The molecule has 0 spiro atoms. The van der Waals surface area contributed by atoms with Crippen LogP contribution in [0.2, 0.25) is 0 Å². The number of aromatic nitrogens is 1. The maximum absolute atomic E-state index is 12.7. The number of anilines is 1. The second-order valence-electron chi connectivity index (χ2n) is 2.24. The number of aldehydes is 1. The molecule has 13 heavy (non-hydrogen) atoms. The van der Waals surface area contributed by atoms with Gasteiger partial charge in [0.1, 0.15) is 5.82 Å². The molecule has 0 aromatic carbocycles. The van der Waals surface area contributed by atoms with E-state index in [0.717, 1.165) is 0 Å². The van der Waals surface area contributed by atoms with Crippen LogP contribution in [0, 0.1) is 5.82 Å². The van der Waals surface area contributed by atoms with Gasteiger partial charge >= 0.3 is 0 Å². The largest absolute Gasteiger partial charge is 0.383 e. The number of halogens is 3. The van der Waals surface area contributed by atoms with Gasteiger partial charge in [-0.2, -0.15) is 0 Å². The van der Waals surface area contributed by atoms with Crippen LogP contribution < -0.4 is 5.73 Å². The van der Waals surface area contributed by atoms with Gasteiger partial charge in [-0.15, -0.1) is 0 Å². The third-order valence-corrected chi connectivity index (χ3v) is 1.48. The molecular weight excluding hydrogens is 185 g/mol. The third-order valence-electron chi connectivity index (χ3n) is 1.48. The van der Waals surface area contributed by atoms with Crippen molar-refractivity contribution in [3.63, 3.8) is 0 Å². The highest BCUT2D eigenvalue weighted by Crippen LogP contribution is 2.26. The predicted octanol–water partition coefficient (Wildman–Crippen LogP) is 1.55. The summed E-state index contributed by atoms with van der Waals surface area (Å²) in [5.74, 6) is -1.63. The van der Waals surface area contributed by atoms with Crippen LogP contribution in [0.5, 0.6) is 0 Å². The van der Waals surface area contributed by atoms with Crippen LogP contribution in [0.25, 0.3) is 0 Å². The Labute approximate surface area is 71.4 Å². The topological polar surface area (TPSA) is 56.0 Å². The molecular formula is C7H5F3N2O. The zero-order chi connectivity index (χ0) is 10.0. The van der Waals surface area contributed by atoms with Crippen molar-refractivity contribution >= 4 is 12.1 Å². The SMILES string of the molecule is Nc1ncc(F)c(C(F)F)c1C=O. The molecule has 0 saturated carbocycles. The fourth-order valence-electron chi connectivity index (χ4n) is 0.878. The van der Waals surface area contributed by atoms with Gasteiger partial charge in [0.25, 0.3) is 6.43 Å². The number of nitrogen functional groups attached to an aromatic ring is 1. The lowest BCUT2D eigenvalue weighted by atomic mass is 10.1. The van der Waals surface area contributed by atoms with Gasteiger partial charge in [0.05, 0.1) is 17.3 Å². The van der Waals surface area contributed by atoms with E-state index in [1.807, 2.05) is 0 Å². The van der Waals surface area contributed by atoms with Crippen molar-refractivity contribution in [1.29, 1.82) is 0 Å². The molecule has 0 radical (unpaired) electrons. The Morgan fingerprint density at radius 2 is 2.15 bits per heavy atom. The Balaban J connectivity index is 3.43. The molecule has 70 valence electrons. The van der Waals surface area contributed by atoms with Crippen LogP contribution in [0.1, 0.15) is 22.3 Å². The number of carbonyl (C=O) groups excluding carboxylic acids is 1. The highest BCUT2D eigenvalue weighted by Gasteiger charge is 2.20. The quantitative estimate of drug-likeness (QED) is 0.720. The number of carbonyl (C=O) groups is 1. The summed E-state index contributed by atoms with van der Waals surface area (Å²) in [6, 6.07) is 0. The monoisotopic (exact) mass is 190 g/mol. The Kier molecular flexibility index (Phi) is 2.50. The maximum atomic E-state index is 12.7. The molecule has 0 saturated heterocycles. The number of nitrogens with two attached hydrogens (primary N) is 1. The number of alkyl halides is 2. The van der Waals surface area contributed by atoms with Crippen molar-refractivity contribution in [3.05, 3.63) is 23.1 Å². The summed E-state index contributed by atoms with van der Waals surface area (Å²) in [5.41, 5.74) is 3.51. The summed E-state index contributed by atoms with van der Waals surface area (Å²) in [7, 11) is 0. The molecule has 0 fully saturated rings. The first kappa shape index (κ1) is 9.50. The van der Waals surface area contributed by atoms with Crippen molar-refractivity contribution in [3.8, 4) is 0 Å². The van der Waals surface area contributed by atoms with Crippen LogP contribution in [0.4, 0.5) is 19.0 Å². The van der Waals surface area contributed by atoms with Crippen LogP contribution in [0.3, 0.4) is 0 Å². The van der Waals surface area contributed by atoms with Crippen LogP contribution >= 0.6 is 0 Å². The molecule has 1 aromatic rings. The van der Waals surface area contributed by atoms with Crippen molar-refractivity contribution < 1.29 is 18.0 Å². The van der Waals surface area contributed by atoms with Gasteiger partial charge in [-0.25, -0.2) is 18.2 Å². The Hall–Kier alpha value is -1.59. The lowest BCUT2D eigenvalue weighted by Crippen LogP contribution is -2.05. The van der Waals surface area contributed by atoms with E-state index >= 15 is 0 Å². The summed E-state index contributed by atoms with van der Waals surface area (Å²) in [6.07, 6.45) is -2.46. The predicted molar refractivity (Wildman–Crippen MR) is 39.0 cm³/mol. The molecule has 1 heterocycles. The minimum absolute atomic E-state index is 0.0624. The first-order valence-electron chi connectivity index (χ1n) is 3.25. The molecule has 0 aliphatic rings. The number of rotatable bonds is 2. The number of hydrogen-bond acceptors (Lipinski definition) is 3. The molecule has 1 rings (SSSR count). The van der Waals surface area contributed by atoms with E-state index in [0.29, 0.717) is 6.20 Å². The van der Waals surface area contributed by atoms with E-state index in [9.17, 15) is 18.0 Å². The normalized spacial score (nSPS) is 10.5. The standard InChI is InChI=1S/C7H5F3N2O/c8-4-1-12-7(11)3(2-13)5(4)6(9)10/h1-2,6H,(H2,11,12). The van der Waals surface area contributed by atoms with Crippen molar-refractivity contribution in [2.75, 3.05) is 5.73 Å². The van der Waals surface area contributed by atoms with E-state index in [4.69, 9.17) is 5.73 Å². The van der Waals surface area contributed by atoms with Gasteiger partial charge in [-0.1, -0.05) is 0 Å². The average molecular weight is 190 g/mol. The Morgan fingerprint density at radius 1 is 1.54 bits per heavy atom. The number of hydrogen-bond donors (Lipinski definition) is 1. The summed E-state index contributed by atoms with van der Waals surface area (Å²) in [5, 5.41) is 0. The van der Waals surface area contributed by atoms with Gasteiger partial charge in [0, 0.05) is 0 Å². The molecule has 3 nitrogen and oxygen atoms in total. The number of nitrogens with zero attached hydrogens (tertiary/aromatic N) is 1. The molecule has 0 bridgehead atoms. The zero-order valence-corrected chi connectivity index (χ0v) is 6.30. The maximum Gasteiger partial charge on any atom is 0.267 e. The van der Waals surface area contributed by atoms with E-state index in [2.05, 4.69) is 4.98 Å². The fraction of sp³-hybridized carbons (Fsp3) is 0.143. The summed E-state index contributed by atoms with van der Waals surface area (Å²) < 4.78 is 37.1. The van der Waals surface area contributed by atoms with Crippen LogP contribution in [-0.2, 0) is 0 Å². The van der Waals surface area contributed by atoms with Crippen LogP contribution in [-0.4, -0.2) is 11.3 Å². The lowest BCUT2D eigenvalue weighted by molar-refractivity contribution is 0.110. The van der Waals surface area contributed by atoms with Crippen molar-refractivity contribution in [2.45, 2.75) is 6.43 Å². The second-order valence-corrected chi connectivity index (χ2v) is 2.24. The number of pyridine rings is 1. The third kappa shape index (κ3) is 1.61.